The molecule has 0 radical (unpaired) electrons. The first-order valence-electron chi connectivity index (χ1n) is 7.00. The van der Waals surface area contributed by atoms with Crippen LogP contribution in [0.2, 0.25) is 0 Å². The van der Waals surface area contributed by atoms with Crippen LogP contribution in [0.1, 0.15) is 10.5 Å². The maximum absolute atomic E-state index is 12.6. The molecule has 1 atom stereocenters. The number of likely N-dealkylation sites (N-methyl/N-ethyl adjacent to an activating group) is 1. The summed E-state index contributed by atoms with van der Waals surface area (Å²) in [5, 5.41) is 8.78. The Bertz CT molecular complexity index is 560. The van der Waals surface area contributed by atoms with Gasteiger partial charge in [0.2, 0.25) is 0 Å². The highest BCUT2D eigenvalue weighted by Gasteiger charge is 2.27. The van der Waals surface area contributed by atoms with Gasteiger partial charge >= 0.3 is 5.97 Å². The van der Waals surface area contributed by atoms with E-state index in [2.05, 4.69) is 15.9 Å². The van der Waals surface area contributed by atoms with E-state index < -0.39 is 5.97 Å². The summed E-state index contributed by atoms with van der Waals surface area (Å²) in [6.45, 7) is 1.90. The number of hydrogen-bond acceptors (Lipinski definition) is 4. The van der Waals surface area contributed by atoms with Crippen LogP contribution in [0.25, 0.3) is 0 Å². The van der Waals surface area contributed by atoms with E-state index in [0.29, 0.717) is 31.9 Å². The van der Waals surface area contributed by atoms with Crippen LogP contribution in [-0.2, 0) is 16.6 Å². The van der Waals surface area contributed by atoms with Crippen molar-refractivity contribution in [2.75, 3.05) is 39.8 Å². The van der Waals surface area contributed by atoms with Crippen LogP contribution in [0.15, 0.2) is 16.7 Å². The van der Waals surface area contributed by atoms with E-state index >= 15 is 0 Å². The highest BCUT2D eigenvalue weighted by molar-refractivity contribution is 9.10. The lowest BCUT2D eigenvalue weighted by Crippen LogP contribution is -2.49. The molecule has 122 valence electrons. The molecular weight excluding hydrogens is 354 g/mol. The van der Waals surface area contributed by atoms with Crippen LogP contribution < -0.4 is 0 Å². The summed E-state index contributed by atoms with van der Waals surface area (Å²) in [7, 11) is 3.56. The number of amides is 1. The quantitative estimate of drug-likeness (QED) is 0.819. The molecule has 1 aromatic rings. The smallest absolute Gasteiger partial charge is 0.317 e. The van der Waals surface area contributed by atoms with Gasteiger partial charge in [0, 0.05) is 37.4 Å². The number of morpholine rings is 1. The zero-order chi connectivity index (χ0) is 16.3. The van der Waals surface area contributed by atoms with Crippen LogP contribution in [-0.4, -0.2) is 77.3 Å². The van der Waals surface area contributed by atoms with Gasteiger partial charge in [0.25, 0.3) is 5.91 Å². The highest BCUT2D eigenvalue weighted by Crippen LogP contribution is 2.17. The SMILES string of the molecule is CN(CC(=O)O)CC1CN(C(=O)c2cc(Br)cn2C)CCO1. The zero-order valence-electron chi connectivity index (χ0n) is 12.7. The molecule has 1 N–H and O–H groups in total. The van der Waals surface area contributed by atoms with Gasteiger partial charge in [-0.1, -0.05) is 0 Å². The number of nitrogens with zero attached hydrogens (tertiary/aromatic N) is 3. The second kappa shape index (κ2) is 7.26. The molecule has 2 rings (SSSR count). The van der Waals surface area contributed by atoms with Gasteiger partial charge in [-0.2, -0.15) is 0 Å². The number of hydrogen-bond donors (Lipinski definition) is 1. The molecule has 1 unspecified atom stereocenters. The van der Waals surface area contributed by atoms with Crippen molar-refractivity contribution >= 4 is 27.8 Å². The fourth-order valence-corrected chi connectivity index (χ4v) is 3.08. The summed E-state index contributed by atoms with van der Waals surface area (Å²) in [6.07, 6.45) is 1.66. The van der Waals surface area contributed by atoms with Crippen LogP contribution in [0.4, 0.5) is 0 Å². The average molecular weight is 374 g/mol. The van der Waals surface area contributed by atoms with E-state index in [1.54, 1.807) is 27.5 Å². The molecule has 8 heteroatoms. The summed E-state index contributed by atoms with van der Waals surface area (Å²) in [5.74, 6) is -0.915. The topological polar surface area (TPSA) is 75.0 Å². The van der Waals surface area contributed by atoms with Crippen molar-refractivity contribution in [3.05, 3.63) is 22.4 Å². The van der Waals surface area contributed by atoms with Crippen molar-refractivity contribution in [2.45, 2.75) is 6.10 Å². The minimum atomic E-state index is -0.875. The van der Waals surface area contributed by atoms with Gasteiger partial charge in [-0.15, -0.1) is 0 Å². The molecular formula is C14H20BrN3O4. The molecule has 1 amide bonds. The van der Waals surface area contributed by atoms with Crippen LogP contribution in [0, 0.1) is 0 Å². The van der Waals surface area contributed by atoms with Gasteiger partial charge < -0.3 is 19.3 Å². The minimum absolute atomic E-state index is 0.0395. The van der Waals surface area contributed by atoms with Gasteiger partial charge in [-0.05, 0) is 29.0 Å². The van der Waals surface area contributed by atoms with E-state index in [1.165, 1.54) is 0 Å². The molecule has 0 aliphatic carbocycles. The number of carbonyl (C=O) groups is 2. The fourth-order valence-electron chi connectivity index (χ4n) is 2.56. The number of halogens is 1. The van der Waals surface area contributed by atoms with Crippen LogP contribution >= 0.6 is 15.9 Å². The van der Waals surface area contributed by atoms with E-state index in [1.807, 2.05) is 13.2 Å². The Morgan fingerprint density at radius 2 is 2.27 bits per heavy atom. The van der Waals surface area contributed by atoms with Gasteiger partial charge in [0.1, 0.15) is 5.69 Å². The Morgan fingerprint density at radius 3 is 2.86 bits per heavy atom. The molecule has 1 aliphatic heterocycles. The lowest BCUT2D eigenvalue weighted by Gasteiger charge is -2.34. The summed E-state index contributed by atoms with van der Waals surface area (Å²) in [4.78, 5) is 26.7. The standard InChI is InChI=1S/C14H20BrN3O4/c1-16(9-13(19)20)7-11-8-18(3-4-22-11)14(21)12-5-10(15)6-17(12)2/h5-6,11H,3-4,7-9H2,1-2H3,(H,19,20). The molecule has 0 aromatic carbocycles. The van der Waals surface area contributed by atoms with Gasteiger partial charge in [0.05, 0.1) is 19.3 Å². The number of rotatable bonds is 5. The second-order valence-corrected chi connectivity index (χ2v) is 6.40. The molecule has 22 heavy (non-hydrogen) atoms. The van der Waals surface area contributed by atoms with Gasteiger partial charge in [-0.3, -0.25) is 14.5 Å². The third-order valence-electron chi connectivity index (χ3n) is 3.54. The lowest BCUT2D eigenvalue weighted by molar-refractivity contribution is -0.138. The Hall–Kier alpha value is -1.38. The van der Waals surface area contributed by atoms with E-state index in [-0.39, 0.29) is 18.6 Å². The first-order valence-corrected chi connectivity index (χ1v) is 7.79. The van der Waals surface area contributed by atoms with E-state index in [9.17, 15) is 9.59 Å². The van der Waals surface area contributed by atoms with Crippen LogP contribution in [0.5, 0.6) is 0 Å². The maximum atomic E-state index is 12.6. The number of ether oxygens (including phenoxy) is 1. The molecule has 1 fully saturated rings. The number of carbonyl (C=O) groups excluding carboxylic acids is 1. The molecule has 7 nitrogen and oxygen atoms in total. The third-order valence-corrected chi connectivity index (χ3v) is 3.97. The van der Waals surface area contributed by atoms with Crippen molar-refractivity contribution in [1.29, 1.82) is 0 Å². The van der Waals surface area contributed by atoms with Crippen molar-refractivity contribution in [3.63, 3.8) is 0 Å². The molecule has 0 saturated carbocycles. The van der Waals surface area contributed by atoms with Crippen molar-refractivity contribution in [3.8, 4) is 0 Å². The minimum Gasteiger partial charge on any atom is -0.480 e. The summed E-state index contributed by atoms with van der Waals surface area (Å²) in [6, 6.07) is 1.79. The number of aromatic nitrogens is 1. The fraction of sp³-hybridized carbons (Fsp3) is 0.571. The Balaban J connectivity index is 1.96. The number of aliphatic carboxylic acids is 1. The molecule has 1 saturated heterocycles. The lowest BCUT2D eigenvalue weighted by atomic mass is 10.2. The second-order valence-electron chi connectivity index (χ2n) is 5.49. The van der Waals surface area contributed by atoms with Crippen molar-refractivity contribution in [1.82, 2.24) is 14.4 Å². The summed E-state index contributed by atoms with van der Waals surface area (Å²) < 4.78 is 8.29. The van der Waals surface area contributed by atoms with Crippen molar-refractivity contribution < 1.29 is 19.4 Å². The number of aryl methyl sites for hydroxylation is 1. The maximum Gasteiger partial charge on any atom is 0.317 e. The van der Waals surface area contributed by atoms with E-state index in [4.69, 9.17) is 9.84 Å². The largest absolute Gasteiger partial charge is 0.480 e. The molecule has 0 spiro atoms. The monoisotopic (exact) mass is 373 g/mol. The Kier molecular flexibility index (Phi) is 5.60. The number of carboxylic acids is 1. The van der Waals surface area contributed by atoms with Gasteiger partial charge in [-0.25, -0.2) is 0 Å². The highest BCUT2D eigenvalue weighted by atomic mass is 79.9. The molecule has 2 heterocycles. The predicted molar refractivity (Wildman–Crippen MR) is 83.9 cm³/mol. The Morgan fingerprint density at radius 1 is 1.55 bits per heavy atom. The average Bonchev–Trinajstić information content (AvgIpc) is 2.76. The third kappa shape index (κ3) is 4.31. The first kappa shape index (κ1) is 17.0. The van der Waals surface area contributed by atoms with E-state index in [0.717, 1.165) is 4.47 Å². The molecule has 0 bridgehead atoms. The normalized spacial score (nSPS) is 18.7. The molecule has 1 aliphatic rings. The van der Waals surface area contributed by atoms with Gasteiger partial charge in [0.15, 0.2) is 0 Å². The van der Waals surface area contributed by atoms with Crippen LogP contribution in [0.3, 0.4) is 0 Å². The predicted octanol–water partition coefficient (Wildman–Crippen LogP) is 0.645. The summed E-state index contributed by atoms with van der Waals surface area (Å²) in [5.41, 5.74) is 0.617. The summed E-state index contributed by atoms with van der Waals surface area (Å²) >= 11 is 3.36. The Labute approximate surface area is 137 Å². The molecule has 1 aromatic heterocycles. The zero-order valence-corrected chi connectivity index (χ0v) is 14.2. The van der Waals surface area contributed by atoms with Crippen molar-refractivity contribution in [2.24, 2.45) is 7.05 Å². The first-order chi connectivity index (χ1) is 10.4. The number of carboxylic acid groups (broad SMARTS) is 1.